The van der Waals surface area contributed by atoms with Crippen LogP contribution in [0.5, 0.6) is 0 Å². The molecule has 1 saturated carbocycles. The van der Waals surface area contributed by atoms with Gasteiger partial charge in [0.25, 0.3) is 0 Å². The second-order valence-corrected chi connectivity index (χ2v) is 6.77. The molecule has 5 heteroatoms. The van der Waals surface area contributed by atoms with Crippen LogP contribution in [-0.4, -0.2) is 37.2 Å². The van der Waals surface area contributed by atoms with Gasteiger partial charge in [0, 0.05) is 36.5 Å². The average Bonchev–Trinajstić information content (AvgIpc) is 3.27. The van der Waals surface area contributed by atoms with Crippen LogP contribution in [0.1, 0.15) is 37.2 Å². The molecule has 4 nitrogen and oxygen atoms in total. The highest BCUT2D eigenvalue weighted by molar-refractivity contribution is 6.30. The fourth-order valence-electron chi connectivity index (χ4n) is 3.28. The van der Waals surface area contributed by atoms with Crippen molar-refractivity contribution in [2.45, 2.75) is 37.6 Å². The van der Waals surface area contributed by atoms with Gasteiger partial charge in [0.1, 0.15) is 0 Å². The quantitative estimate of drug-likeness (QED) is 0.906. The van der Waals surface area contributed by atoms with Gasteiger partial charge in [0.15, 0.2) is 0 Å². The Hall–Kier alpha value is -1.10. The van der Waals surface area contributed by atoms with E-state index in [0.29, 0.717) is 18.3 Å². The van der Waals surface area contributed by atoms with Gasteiger partial charge in [-0.3, -0.25) is 4.79 Å². The van der Waals surface area contributed by atoms with E-state index in [2.05, 4.69) is 11.4 Å². The van der Waals surface area contributed by atoms with E-state index in [-0.39, 0.29) is 11.9 Å². The van der Waals surface area contributed by atoms with Crippen LogP contribution in [0.15, 0.2) is 24.3 Å². The summed E-state index contributed by atoms with van der Waals surface area (Å²) in [4.78, 5) is 17.4. The Bertz CT molecular complexity index is 529. The first-order valence-electron chi connectivity index (χ1n) is 7.99. The molecular formula is C17H23ClN2O2. The largest absolute Gasteiger partial charge is 0.353 e. The summed E-state index contributed by atoms with van der Waals surface area (Å²) in [5.41, 5.74) is 1.23. The van der Waals surface area contributed by atoms with Crippen LogP contribution in [0.25, 0.3) is 0 Å². The summed E-state index contributed by atoms with van der Waals surface area (Å²) in [5.74, 6) is 1.10. The smallest absolute Gasteiger partial charge is 0.220 e. The maximum Gasteiger partial charge on any atom is 0.220 e. The zero-order valence-electron chi connectivity index (χ0n) is 12.9. The molecule has 1 amide bonds. The molecule has 2 aliphatic rings. The zero-order valence-corrected chi connectivity index (χ0v) is 13.7. The maximum absolute atomic E-state index is 12.2. The number of hydrogen-bond donors (Lipinski definition) is 1. The number of rotatable bonds is 5. The molecule has 1 heterocycles. The van der Waals surface area contributed by atoms with E-state index in [1.54, 1.807) is 7.11 Å². The third-order valence-corrected chi connectivity index (χ3v) is 4.95. The normalized spacial score (nSPS) is 25.9. The molecule has 0 radical (unpaired) electrons. The van der Waals surface area contributed by atoms with E-state index in [4.69, 9.17) is 16.4 Å². The van der Waals surface area contributed by atoms with Gasteiger partial charge < -0.3 is 10.2 Å². The molecule has 3 rings (SSSR count). The summed E-state index contributed by atoms with van der Waals surface area (Å²) in [5, 5.41) is 5.89. The van der Waals surface area contributed by atoms with Crippen molar-refractivity contribution < 1.29 is 9.63 Å². The minimum Gasteiger partial charge on any atom is -0.353 e. The van der Waals surface area contributed by atoms with Crippen molar-refractivity contribution in [1.29, 1.82) is 0 Å². The van der Waals surface area contributed by atoms with Gasteiger partial charge >= 0.3 is 0 Å². The van der Waals surface area contributed by atoms with Gasteiger partial charge in [-0.25, -0.2) is 0 Å². The third-order valence-electron chi connectivity index (χ3n) is 4.72. The number of hydrogen-bond acceptors (Lipinski definition) is 3. The molecule has 1 aliphatic heterocycles. The minimum atomic E-state index is 0.186. The Morgan fingerprint density at radius 3 is 2.86 bits per heavy atom. The van der Waals surface area contributed by atoms with Gasteiger partial charge in [0.2, 0.25) is 5.91 Å². The van der Waals surface area contributed by atoms with Gasteiger partial charge in [-0.2, -0.15) is 5.06 Å². The highest BCUT2D eigenvalue weighted by Gasteiger charge is 2.39. The summed E-state index contributed by atoms with van der Waals surface area (Å²) in [6, 6.07) is 8.22. The molecule has 1 N–H and O–H groups in total. The van der Waals surface area contributed by atoms with Crippen molar-refractivity contribution in [2.24, 2.45) is 5.92 Å². The highest BCUT2D eigenvalue weighted by atomic mass is 35.5. The molecule has 1 saturated heterocycles. The predicted molar refractivity (Wildman–Crippen MR) is 86.7 cm³/mol. The summed E-state index contributed by atoms with van der Waals surface area (Å²) < 4.78 is 0. The van der Waals surface area contributed by atoms with Gasteiger partial charge in [-0.05, 0) is 42.9 Å². The molecule has 0 bridgehead atoms. The standard InChI is InChI=1S/C17H23ClN2O2/c1-22-20-7-5-12(6-8-20)9-17(21)19-16-11-15(16)13-3-2-4-14(18)10-13/h2-4,10,12,15-16H,5-9,11H2,1H3,(H,19,21)/t15-,16+/m0/s1. The lowest BCUT2D eigenvalue weighted by Crippen LogP contribution is -2.35. The van der Waals surface area contributed by atoms with E-state index in [9.17, 15) is 4.79 Å². The molecule has 120 valence electrons. The number of halogens is 1. The number of hydroxylamine groups is 2. The molecule has 2 fully saturated rings. The van der Waals surface area contributed by atoms with E-state index in [1.807, 2.05) is 23.3 Å². The van der Waals surface area contributed by atoms with Crippen molar-refractivity contribution in [1.82, 2.24) is 10.4 Å². The molecule has 1 aromatic carbocycles. The molecule has 22 heavy (non-hydrogen) atoms. The first-order valence-corrected chi connectivity index (χ1v) is 8.37. The second-order valence-electron chi connectivity index (χ2n) is 6.33. The Labute approximate surface area is 136 Å². The SMILES string of the molecule is CON1CCC(CC(=O)N[C@@H]2C[C@H]2c2cccc(Cl)c2)CC1. The number of benzene rings is 1. The molecule has 0 unspecified atom stereocenters. The Kier molecular flexibility index (Phi) is 5.01. The number of amides is 1. The van der Waals surface area contributed by atoms with Crippen LogP contribution >= 0.6 is 11.6 Å². The average molecular weight is 323 g/mol. The molecule has 0 spiro atoms. The minimum absolute atomic E-state index is 0.186. The van der Waals surface area contributed by atoms with Gasteiger partial charge in [0.05, 0.1) is 7.11 Å². The summed E-state index contributed by atoms with van der Waals surface area (Å²) in [6.07, 6.45) is 3.72. The summed E-state index contributed by atoms with van der Waals surface area (Å²) in [6.45, 7) is 1.84. The number of nitrogens with zero attached hydrogens (tertiary/aromatic N) is 1. The molecule has 2 atom stereocenters. The second kappa shape index (κ2) is 6.99. The van der Waals surface area contributed by atoms with Crippen molar-refractivity contribution in [3.63, 3.8) is 0 Å². The van der Waals surface area contributed by atoms with Gasteiger partial charge in [-0.15, -0.1) is 0 Å². The first-order chi connectivity index (χ1) is 10.7. The van der Waals surface area contributed by atoms with Crippen LogP contribution in [-0.2, 0) is 9.63 Å². The topological polar surface area (TPSA) is 41.6 Å². The fourth-order valence-corrected chi connectivity index (χ4v) is 3.48. The number of piperidine rings is 1. The third kappa shape index (κ3) is 4.00. The van der Waals surface area contributed by atoms with Crippen LogP contribution in [0, 0.1) is 5.92 Å². The maximum atomic E-state index is 12.2. The van der Waals surface area contributed by atoms with Crippen molar-refractivity contribution >= 4 is 17.5 Å². The Morgan fingerprint density at radius 1 is 1.41 bits per heavy atom. The molecule has 0 aromatic heterocycles. The number of carbonyl (C=O) groups is 1. The molecular weight excluding hydrogens is 300 g/mol. The van der Waals surface area contributed by atoms with E-state index in [0.717, 1.165) is 37.4 Å². The zero-order chi connectivity index (χ0) is 15.5. The van der Waals surface area contributed by atoms with Crippen molar-refractivity contribution in [2.75, 3.05) is 20.2 Å². The predicted octanol–water partition coefficient (Wildman–Crippen LogP) is 2.98. The number of carbonyl (C=O) groups excluding carboxylic acids is 1. The van der Waals surface area contributed by atoms with E-state index < -0.39 is 0 Å². The molecule has 1 aliphatic carbocycles. The monoisotopic (exact) mass is 322 g/mol. The summed E-state index contributed by atoms with van der Waals surface area (Å²) >= 11 is 6.02. The van der Waals surface area contributed by atoms with E-state index >= 15 is 0 Å². The first kappa shape index (κ1) is 15.8. The van der Waals surface area contributed by atoms with E-state index in [1.165, 1.54) is 5.56 Å². The van der Waals surface area contributed by atoms with Crippen LogP contribution in [0.2, 0.25) is 5.02 Å². The highest BCUT2D eigenvalue weighted by Crippen LogP contribution is 2.41. The molecule has 1 aromatic rings. The Balaban J connectivity index is 1.42. The summed E-state index contributed by atoms with van der Waals surface area (Å²) in [7, 11) is 1.70. The lowest BCUT2D eigenvalue weighted by molar-refractivity contribution is -0.149. The number of nitrogens with one attached hydrogen (secondary N) is 1. The van der Waals surface area contributed by atoms with Crippen LogP contribution < -0.4 is 5.32 Å². The fraction of sp³-hybridized carbons (Fsp3) is 0.588. The van der Waals surface area contributed by atoms with Crippen LogP contribution in [0.3, 0.4) is 0 Å². The van der Waals surface area contributed by atoms with Crippen molar-refractivity contribution in [3.05, 3.63) is 34.9 Å². The van der Waals surface area contributed by atoms with Crippen molar-refractivity contribution in [3.8, 4) is 0 Å². The lowest BCUT2D eigenvalue weighted by atomic mass is 9.94. The van der Waals surface area contributed by atoms with Gasteiger partial charge in [-0.1, -0.05) is 23.7 Å². The lowest BCUT2D eigenvalue weighted by Gasteiger charge is -2.29. The van der Waals surface area contributed by atoms with Crippen LogP contribution in [0.4, 0.5) is 0 Å². The Morgan fingerprint density at radius 2 is 2.18 bits per heavy atom.